The first-order valence-electron chi connectivity index (χ1n) is 11.8. The Morgan fingerprint density at radius 2 is 1.71 bits per heavy atom. The number of fused-ring (bicyclic) bond motifs is 1. The second-order valence-corrected chi connectivity index (χ2v) is 8.88. The molecule has 4 rings (SSSR count). The van der Waals surface area contributed by atoms with Crippen LogP contribution in [0.1, 0.15) is 47.6 Å². The highest BCUT2D eigenvalue weighted by Crippen LogP contribution is 2.21. The lowest BCUT2D eigenvalue weighted by atomic mass is 9.93. The fraction of sp³-hybridized carbons (Fsp3) is 0.385. The molecule has 0 unspecified atom stereocenters. The maximum absolute atomic E-state index is 13.3. The van der Waals surface area contributed by atoms with Gasteiger partial charge in [-0.25, -0.2) is 0 Å². The summed E-state index contributed by atoms with van der Waals surface area (Å²) in [5, 5.41) is 8.37. The van der Waals surface area contributed by atoms with Crippen LogP contribution in [-0.4, -0.2) is 60.8 Å². The summed E-state index contributed by atoms with van der Waals surface area (Å²) in [6, 6.07) is 13.6. The van der Waals surface area contributed by atoms with Crippen LogP contribution in [0.3, 0.4) is 0 Å². The Kier molecular flexibility index (Phi) is 7.64. The van der Waals surface area contributed by atoms with Gasteiger partial charge >= 0.3 is 0 Å². The number of hydrogen-bond acceptors (Lipinski definition) is 5. The van der Waals surface area contributed by atoms with Crippen molar-refractivity contribution in [2.24, 2.45) is 0 Å². The standard InChI is InChI=1S/C26H30N4O5/c1-30-14-15-35-21-13-6-5-12-19(21)24(32)28-20(25(33)27-18-10-7-11-18)16-22(31)29-23(26(30)34)17-8-3-2-4-9-17/h2-6,8-9,12-13,18,20,23H,7,10-11,14-16H2,1H3,(H,27,33)(H,28,32)(H,29,31)/t20-,23-/m0/s1. The van der Waals surface area contributed by atoms with Gasteiger partial charge in [-0.15, -0.1) is 0 Å². The van der Waals surface area contributed by atoms with Crippen molar-refractivity contribution in [2.75, 3.05) is 20.2 Å². The molecule has 2 aromatic carbocycles. The Morgan fingerprint density at radius 3 is 2.43 bits per heavy atom. The van der Waals surface area contributed by atoms with E-state index in [9.17, 15) is 19.2 Å². The quantitative estimate of drug-likeness (QED) is 0.619. The average Bonchev–Trinajstić information content (AvgIpc) is 2.84. The van der Waals surface area contributed by atoms with Crippen molar-refractivity contribution >= 4 is 23.6 Å². The molecule has 2 atom stereocenters. The number of nitrogens with one attached hydrogen (secondary N) is 3. The van der Waals surface area contributed by atoms with Crippen LogP contribution in [0.25, 0.3) is 0 Å². The minimum Gasteiger partial charge on any atom is -0.491 e. The molecule has 0 aromatic heterocycles. The number of carbonyl (C=O) groups excluding carboxylic acids is 4. The molecule has 9 heteroatoms. The van der Waals surface area contributed by atoms with E-state index in [1.54, 1.807) is 55.6 Å². The smallest absolute Gasteiger partial charge is 0.255 e. The van der Waals surface area contributed by atoms with Gasteiger partial charge < -0.3 is 25.6 Å². The Morgan fingerprint density at radius 1 is 1.00 bits per heavy atom. The molecule has 1 aliphatic carbocycles. The van der Waals surface area contributed by atoms with E-state index in [1.165, 1.54) is 4.90 Å². The van der Waals surface area contributed by atoms with Gasteiger partial charge in [-0.1, -0.05) is 42.5 Å². The van der Waals surface area contributed by atoms with Crippen molar-refractivity contribution < 1.29 is 23.9 Å². The van der Waals surface area contributed by atoms with E-state index in [0.29, 0.717) is 11.3 Å². The molecule has 3 N–H and O–H groups in total. The van der Waals surface area contributed by atoms with Crippen molar-refractivity contribution in [3.05, 3.63) is 65.7 Å². The van der Waals surface area contributed by atoms with Gasteiger partial charge in [0.2, 0.25) is 17.7 Å². The van der Waals surface area contributed by atoms with Crippen molar-refractivity contribution in [3.63, 3.8) is 0 Å². The van der Waals surface area contributed by atoms with Gasteiger partial charge in [0.15, 0.2) is 0 Å². The first-order valence-corrected chi connectivity index (χ1v) is 11.8. The van der Waals surface area contributed by atoms with Crippen molar-refractivity contribution in [1.29, 1.82) is 0 Å². The van der Waals surface area contributed by atoms with Gasteiger partial charge in [-0.05, 0) is 37.0 Å². The third kappa shape index (κ3) is 5.98. The molecule has 9 nitrogen and oxygen atoms in total. The number of ether oxygens (including phenoxy) is 1. The number of likely N-dealkylation sites (N-methyl/N-ethyl adjacent to an activating group) is 1. The summed E-state index contributed by atoms with van der Waals surface area (Å²) in [5.41, 5.74) is 0.873. The Labute approximate surface area is 204 Å². The summed E-state index contributed by atoms with van der Waals surface area (Å²) >= 11 is 0. The van der Waals surface area contributed by atoms with Crippen molar-refractivity contribution in [2.45, 2.75) is 43.8 Å². The van der Waals surface area contributed by atoms with Crippen LogP contribution in [0, 0.1) is 0 Å². The monoisotopic (exact) mass is 478 g/mol. The Balaban J connectivity index is 1.64. The summed E-state index contributed by atoms with van der Waals surface area (Å²) in [7, 11) is 1.63. The van der Waals surface area contributed by atoms with E-state index in [0.717, 1.165) is 19.3 Å². The zero-order valence-corrected chi connectivity index (χ0v) is 19.7. The van der Waals surface area contributed by atoms with Crippen LogP contribution in [0.15, 0.2) is 54.6 Å². The highest BCUT2D eigenvalue weighted by molar-refractivity contribution is 6.01. The van der Waals surface area contributed by atoms with E-state index in [4.69, 9.17) is 4.74 Å². The van der Waals surface area contributed by atoms with Gasteiger partial charge in [0.1, 0.15) is 24.4 Å². The lowest BCUT2D eigenvalue weighted by molar-refractivity contribution is -0.136. The van der Waals surface area contributed by atoms with Gasteiger partial charge in [-0.2, -0.15) is 0 Å². The first-order chi connectivity index (χ1) is 16.9. The molecule has 0 saturated heterocycles. The Bertz CT molecular complexity index is 1090. The number of rotatable bonds is 3. The highest BCUT2D eigenvalue weighted by Gasteiger charge is 2.32. The SMILES string of the molecule is CN1CCOc2ccccc2C(=O)N[C@H](C(=O)NC2CCC2)CC(=O)N[C@@H](c2ccccc2)C1=O. The summed E-state index contributed by atoms with van der Waals surface area (Å²) in [5.74, 6) is -1.42. The molecule has 1 saturated carbocycles. The number of amides is 4. The summed E-state index contributed by atoms with van der Waals surface area (Å²) < 4.78 is 5.83. The normalized spacial score (nSPS) is 22.0. The Hall–Kier alpha value is -3.88. The number of carbonyl (C=O) groups is 4. The molecule has 1 fully saturated rings. The van der Waals surface area contributed by atoms with Crippen LogP contribution in [0.4, 0.5) is 0 Å². The van der Waals surface area contributed by atoms with E-state index in [1.807, 2.05) is 6.07 Å². The summed E-state index contributed by atoms with van der Waals surface area (Å²) in [6.45, 7) is 0.397. The van der Waals surface area contributed by atoms with Crippen LogP contribution in [-0.2, 0) is 14.4 Å². The topological polar surface area (TPSA) is 117 Å². The van der Waals surface area contributed by atoms with Crippen LogP contribution >= 0.6 is 0 Å². The molecule has 1 aliphatic heterocycles. The molecule has 35 heavy (non-hydrogen) atoms. The fourth-order valence-corrected chi connectivity index (χ4v) is 4.04. The minimum absolute atomic E-state index is 0.0403. The predicted molar refractivity (Wildman–Crippen MR) is 129 cm³/mol. The van der Waals surface area contributed by atoms with Gasteiger partial charge in [0, 0.05) is 13.1 Å². The van der Waals surface area contributed by atoms with Crippen molar-refractivity contribution in [1.82, 2.24) is 20.9 Å². The van der Waals surface area contributed by atoms with Gasteiger partial charge in [-0.3, -0.25) is 19.2 Å². The number of hydrogen-bond donors (Lipinski definition) is 3. The minimum atomic E-state index is -1.11. The summed E-state index contributed by atoms with van der Waals surface area (Å²) in [6.07, 6.45) is 2.45. The van der Waals surface area contributed by atoms with E-state index in [-0.39, 0.29) is 37.1 Å². The molecular weight excluding hydrogens is 448 g/mol. The largest absolute Gasteiger partial charge is 0.491 e. The highest BCUT2D eigenvalue weighted by atomic mass is 16.5. The third-order valence-corrected chi connectivity index (χ3v) is 6.34. The zero-order valence-electron chi connectivity index (χ0n) is 19.7. The average molecular weight is 479 g/mol. The number of benzene rings is 2. The predicted octanol–water partition coefficient (Wildman–Crippen LogP) is 1.55. The van der Waals surface area contributed by atoms with Gasteiger partial charge in [0.25, 0.3) is 5.91 Å². The van der Waals surface area contributed by atoms with Crippen LogP contribution < -0.4 is 20.7 Å². The lowest BCUT2D eigenvalue weighted by Crippen LogP contribution is -2.53. The fourth-order valence-electron chi connectivity index (χ4n) is 4.04. The van der Waals surface area contributed by atoms with E-state index in [2.05, 4.69) is 16.0 Å². The number of nitrogens with zero attached hydrogens (tertiary/aromatic N) is 1. The van der Waals surface area contributed by atoms with E-state index >= 15 is 0 Å². The maximum atomic E-state index is 13.3. The second-order valence-electron chi connectivity index (χ2n) is 8.88. The summed E-state index contributed by atoms with van der Waals surface area (Å²) in [4.78, 5) is 53.9. The third-order valence-electron chi connectivity index (χ3n) is 6.34. The zero-order chi connectivity index (χ0) is 24.8. The molecule has 4 amide bonds. The number of para-hydroxylation sites is 1. The second kappa shape index (κ2) is 11.0. The van der Waals surface area contributed by atoms with Crippen molar-refractivity contribution in [3.8, 4) is 5.75 Å². The molecule has 0 radical (unpaired) electrons. The molecule has 2 aliphatic rings. The molecule has 184 valence electrons. The lowest BCUT2D eigenvalue weighted by Gasteiger charge is -2.29. The maximum Gasteiger partial charge on any atom is 0.255 e. The molecular formula is C26H30N4O5. The van der Waals surface area contributed by atoms with Gasteiger partial charge in [0.05, 0.1) is 18.5 Å². The van der Waals surface area contributed by atoms with E-state index < -0.39 is 29.8 Å². The van der Waals surface area contributed by atoms with Crippen LogP contribution in [0.5, 0.6) is 5.75 Å². The molecule has 1 heterocycles. The van der Waals surface area contributed by atoms with Crippen LogP contribution in [0.2, 0.25) is 0 Å². The molecule has 0 spiro atoms. The molecule has 0 bridgehead atoms. The molecule has 2 aromatic rings. The first kappa shape index (κ1) is 24.3.